The molecule has 98 valence electrons. The summed E-state index contributed by atoms with van der Waals surface area (Å²) in [6.45, 7) is 2.57. The molecule has 0 aliphatic rings. The van der Waals surface area contributed by atoms with Gasteiger partial charge in [-0.15, -0.1) is 11.3 Å². The molecule has 0 spiro atoms. The van der Waals surface area contributed by atoms with Crippen LogP contribution in [0, 0.1) is 0 Å². The van der Waals surface area contributed by atoms with Crippen LogP contribution in [0.1, 0.15) is 24.2 Å². The van der Waals surface area contributed by atoms with Gasteiger partial charge >= 0.3 is 10.5 Å². The van der Waals surface area contributed by atoms with Gasteiger partial charge in [0, 0.05) is 0 Å². The molecule has 0 atom stereocenters. The van der Waals surface area contributed by atoms with Gasteiger partial charge in [-0.3, -0.25) is 9.59 Å². The van der Waals surface area contributed by atoms with Gasteiger partial charge in [-0.05, 0) is 25.3 Å². The van der Waals surface area contributed by atoms with Crippen LogP contribution < -0.4 is 5.32 Å². The van der Waals surface area contributed by atoms with Crippen molar-refractivity contribution in [2.45, 2.75) is 19.4 Å². The van der Waals surface area contributed by atoms with Crippen LogP contribution in [0.4, 0.5) is 5.00 Å². The largest absolute Gasteiger partial charge is 0.381 e. The number of amides is 2. The third-order valence-electron chi connectivity index (χ3n) is 1.84. The Morgan fingerprint density at radius 2 is 2.06 bits per heavy atom. The highest BCUT2D eigenvalue weighted by molar-refractivity contribution is 7.62. The molecule has 0 aliphatic carbocycles. The van der Waals surface area contributed by atoms with E-state index < -0.39 is 27.9 Å². The lowest BCUT2D eigenvalue weighted by Gasteiger charge is -2.15. The Balaban J connectivity index is 3.01. The van der Waals surface area contributed by atoms with E-state index in [-0.39, 0.29) is 10.6 Å². The first-order chi connectivity index (χ1) is 8.21. The van der Waals surface area contributed by atoms with Crippen LogP contribution in [0.5, 0.6) is 0 Å². The summed E-state index contributed by atoms with van der Waals surface area (Å²) in [5, 5.41) is 13.4. The van der Waals surface area contributed by atoms with Crippen molar-refractivity contribution in [1.29, 1.82) is 0 Å². The summed E-state index contributed by atoms with van der Waals surface area (Å²) in [6, 6.07) is 1.34. The van der Waals surface area contributed by atoms with Crippen LogP contribution in [-0.2, 0) is 15.3 Å². The number of carbonyl (C=O) groups excluding carboxylic acids is 2. The number of nitrogens with zero attached hydrogens (tertiary/aromatic N) is 1. The van der Waals surface area contributed by atoms with E-state index in [0.717, 1.165) is 11.3 Å². The SMILES string of the molecule is CC(C)(O)C(=O)Nc1sccc1C(=O)N=S(=O)=O. The highest BCUT2D eigenvalue weighted by Crippen LogP contribution is 2.25. The van der Waals surface area contributed by atoms with Crippen LogP contribution >= 0.6 is 11.3 Å². The second-order valence-electron chi connectivity index (χ2n) is 3.79. The highest BCUT2D eigenvalue weighted by Gasteiger charge is 2.25. The summed E-state index contributed by atoms with van der Waals surface area (Å²) >= 11 is 1.02. The van der Waals surface area contributed by atoms with Crippen LogP contribution in [0.2, 0.25) is 0 Å². The first-order valence-electron chi connectivity index (χ1n) is 4.68. The predicted octanol–water partition coefficient (Wildman–Crippen LogP) is 0.660. The van der Waals surface area contributed by atoms with E-state index in [1.165, 1.54) is 25.3 Å². The lowest BCUT2D eigenvalue weighted by molar-refractivity contribution is -0.130. The molecule has 1 aromatic heterocycles. The van der Waals surface area contributed by atoms with E-state index in [2.05, 4.69) is 9.68 Å². The lowest BCUT2D eigenvalue weighted by atomic mass is 10.1. The minimum atomic E-state index is -2.85. The molecule has 0 aromatic carbocycles. The van der Waals surface area contributed by atoms with Gasteiger partial charge in [0.1, 0.15) is 10.6 Å². The normalized spacial score (nSPS) is 10.8. The van der Waals surface area contributed by atoms with E-state index in [1.807, 2.05) is 0 Å². The molecule has 0 unspecified atom stereocenters. The summed E-state index contributed by atoms with van der Waals surface area (Å²) in [5.74, 6) is -1.68. The summed E-state index contributed by atoms with van der Waals surface area (Å²) < 4.78 is 23.4. The van der Waals surface area contributed by atoms with E-state index in [0.29, 0.717) is 0 Å². The van der Waals surface area contributed by atoms with Crippen molar-refractivity contribution in [2.24, 2.45) is 4.36 Å². The number of hydrogen-bond donors (Lipinski definition) is 2. The maximum atomic E-state index is 11.5. The van der Waals surface area contributed by atoms with Gasteiger partial charge in [-0.25, -0.2) is 0 Å². The monoisotopic (exact) mass is 290 g/mol. The van der Waals surface area contributed by atoms with Crippen molar-refractivity contribution in [2.75, 3.05) is 5.32 Å². The van der Waals surface area contributed by atoms with Crippen LogP contribution in [0.3, 0.4) is 0 Å². The number of aliphatic hydroxyl groups is 1. The van der Waals surface area contributed by atoms with Gasteiger partial charge in [0.2, 0.25) is 0 Å². The maximum Gasteiger partial charge on any atom is 0.319 e. The lowest BCUT2D eigenvalue weighted by Crippen LogP contribution is -2.36. The second kappa shape index (κ2) is 5.38. The minimum absolute atomic E-state index is 0.0400. The zero-order valence-corrected chi connectivity index (χ0v) is 11.1. The Bertz CT molecular complexity index is 601. The van der Waals surface area contributed by atoms with Crippen LogP contribution in [-0.4, -0.2) is 30.9 Å². The average molecular weight is 290 g/mol. The van der Waals surface area contributed by atoms with Crippen molar-refractivity contribution < 1.29 is 23.1 Å². The van der Waals surface area contributed by atoms with Gasteiger partial charge in [0.15, 0.2) is 0 Å². The fourth-order valence-electron chi connectivity index (χ4n) is 0.947. The van der Waals surface area contributed by atoms with E-state index in [4.69, 9.17) is 0 Å². The van der Waals surface area contributed by atoms with Gasteiger partial charge in [0.05, 0.1) is 5.56 Å². The molecule has 7 nitrogen and oxygen atoms in total. The van der Waals surface area contributed by atoms with Gasteiger partial charge < -0.3 is 10.4 Å². The molecule has 2 amide bonds. The Labute approximate surface area is 108 Å². The highest BCUT2D eigenvalue weighted by atomic mass is 32.2. The van der Waals surface area contributed by atoms with Gasteiger partial charge in [0.25, 0.3) is 11.8 Å². The zero-order valence-electron chi connectivity index (χ0n) is 9.50. The topological polar surface area (TPSA) is 113 Å². The molecule has 1 aromatic rings. The van der Waals surface area contributed by atoms with Crippen molar-refractivity contribution in [3.05, 3.63) is 17.0 Å². The summed E-state index contributed by atoms with van der Waals surface area (Å²) in [5.41, 5.74) is -1.65. The Morgan fingerprint density at radius 1 is 1.44 bits per heavy atom. The van der Waals surface area contributed by atoms with Crippen molar-refractivity contribution in [1.82, 2.24) is 0 Å². The molecule has 0 saturated heterocycles. The fourth-order valence-corrected chi connectivity index (χ4v) is 1.96. The molecule has 9 heteroatoms. The molecule has 1 rings (SSSR count). The number of hydrogen-bond acceptors (Lipinski definition) is 6. The third-order valence-corrected chi connectivity index (χ3v) is 2.98. The molecule has 0 radical (unpaired) electrons. The van der Waals surface area contributed by atoms with E-state index >= 15 is 0 Å². The number of rotatable bonds is 3. The van der Waals surface area contributed by atoms with Gasteiger partial charge in [-0.1, -0.05) is 4.36 Å². The molecular weight excluding hydrogens is 280 g/mol. The van der Waals surface area contributed by atoms with Crippen molar-refractivity contribution >= 4 is 38.7 Å². The number of nitrogens with one attached hydrogen (secondary N) is 1. The molecule has 0 saturated carbocycles. The van der Waals surface area contributed by atoms with E-state index in [9.17, 15) is 23.1 Å². The first kappa shape index (κ1) is 14.5. The van der Waals surface area contributed by atoms with Crippen LogP contribution in [0.25, 0.3) is 0 Å². The molecule has 0 aliphatic heterocycles. The number of thiophene rings is 1. The summed E-state index contributed by atoms with van der Waals surface area (Å²) in [7, 11) is -2.85. The second-order valence-corrected chi connectivity index (χ2v) is 5.32. The smallest absolute Gasteiger partial charge is 0.319 e. The molecule has 1 heterocycles. The quantitative estimate of drug-likeness (QED) is 0.849. The zero-order chi connectivity index (χ0) is 13.9. The summed E-state index contributed by atoms with van der Waals surface area (Å²) in [6.07, 6.45) is 0. The standard InChI is InChI=1S/C9H10N2O5S2/c1-9(2,14)8(13)10-7-5(3-4-17-7)6(12)11-18(15)16/h3-4,14H,1-2H3,(H,10,13). The van der Waals surface area contributed by atoms with Gasteiger partial charge in [-0.2, -0.15) is 8.42 Å². The predicted molar refractivity (Wildman–Crippen MR) is 64.9 cm³/mol. The number of anilines is 1. The Kier molecular flexibility index (Phi) is 4.33. The number of carbonyl (C=O) groups is 2. The molecule has 2 N–H and O–H groups in total. The van der Waals surface area contributed by atoms with Crippen molar-refractivity contribution in [3.63, 3.8) is 0 Å². The van der Waals surface area contributed by atoms with Crippen molar-refractivity contribution in [3.8, 4) is 0 Å². The summed E-state index contributed by atoms with van der Waals surface area (Å²) in [4.78, 5) is 22.9. The minimum Gasteiger partial charge on any atom is -0.381 e. The Hall–Kier alpha value is -1.58. The first-order valence-corrected chi connectivity index (χ1v) is 6.59. The average Bonchev–Trinajstić information content (AvgIpc) is 2.63. The molecule has 0 bridgehead atoms. The third kappa shape index (κ3) is 3.72. The van der Waals surface area contributed by atoms with Crippen LogP contribution in [0.15, 0.2) is 15.8 Å². The fraction of sp³-hybridized carbons (Fsp3) is 0.333. The van der Waals surface area contributed by atoms with E-state index in [1.54, 1.807) is 0 Å². The molecule has 18 heavy (non-hydrogen) atoms. The molecular formula is C9H10N2O5S2. The maximum absolute atomic E-state index is 11.5. The Morgan fingerprint density at radius 3 is 2.56 bits per heavy atom. The molecule has 0 fully saturated rings.